The van der Waals surface area contributed by atoms with Gasteiger partial charge in [-0.05, 0) is 17.7 Å². The second-order valence-corrected chi connectivity index (χ2v) is 5.49. The lowest BCUT2D eigenvalue weighted by Gasteiger charge is -2.07. The van der Waals surface area contributed by atoms with Gasteiger partial charge in [0.1, 0.15) is 0 Å². The maximum atomic E-state index is 12.3. The van der Waals surface area contributed by atoms with Crippen molar-refractivity contribution in [3.05, 3.63) is 70.2 Å². The van der Waals surface area contributed by atoms with Crippen LogP contribution < -0.4 is 0 Å². The molecule has 1 atom stereocenters. The number of nitrogens with zero attached hydrogens (tertiary/aromatic N) is 1. The van der Waals surface area contributed by atoms with Crippen molar-refractivity contribution < 1.29 is 9.63 Å². The van der Waals surface area contributed by atoms with Crippen LogP contribution in [0.5, 0.6) is 0 Å². The molecule has 2 aromatic rings. The first-order valence-electron chi connectivity index (χ1n) is 6.32. The average molecular weight is 330 g/mol. The second kappa shape index (κ2) is 5.59. The van der Waals surface area contributed by atoms with Crippen LogP contribution in [0.15, 0.2) is 64.2 Å². The molecule has 20 heavy (non-hydrogen) atoms. The number of carbonyl (C=O) groups is 1. The van der Waals surface area contributed by atoms with Gasteiger partial charge in [-0.25, -0.2) is 0 Å². The van der Waals surface area contributed by atoms with E-state index in [9.17, 15) is 4.79 Å². The third-order valence-electron chi connectivity index (χ3n) is 3.20. The quantitative estimate of drug-likeness (QED) is 0.803. The molecule has 0 aromatic heterocycles. The molecule has 0 radical (unpaired) electrons. The summed E-state index contributed by atoms with van der Waals surface area (Å²) < 4.78 is 0.947. The Hall–Kier alpha value is -1.94. The highest BCUT2D eigenvalue weighted by atomic mass is 79.9. The summed E-state index contributed by atoms with van der Waals surface area (Å²) in [7, 11) is 0. The molecule has 4 heteroatoms. The second-order valence-electron chi connectivity index (χ2n) is 4.57. The van der Waals surface area contributed by atoms with Crippen LogP contribution in [0, 0.1) is 0 Å². The number of ketones is 1. The van der Waals surface area contributed by atoms with Gasteiger partial charge in [0.15, 0.2) is 6.10 Å². The molecule has 100 valence electrons. The number of hydrogen-bond acceptors (Lipinski definition) is 3. The van der Waals surface area contributed by atoms with Gasteiger partial charge < -0.3 is 4.84 Å². The Labute approximate surface area is 125 Å². The monoisotopic (exact) mass is 329 g/mol. The average Bonchev–Trinajstić information content (AvgIpc) is 2.98. The largest absolute Gasteiger partial charge is 0.383 e. The normalized spacial score (nSPS) is 17.4. The van der Waals surface area contributed by atoms with E-state index in [2.05, 4.69) is 21.1 Å². The minimum atomic E-state index is -0.522. The van der Waals surface area contributed by atoms with Crippen LogP contribution in [0.3, 0.4) is 0 Å². The molecule has 0 aliphatic carbocycles. The molecule has 3 rings (SSSR count). The molecule has 3 nitrogen and oxygen atoms in total. The molecule has 1 heterocycles. The molecular weight excluding hydrogens is 318 g/mol. The Morgan fingerprint density at radius 3 is 2.50 bits per heavy atom. The minimum absolute atomic E-state index is 0.0350. The molecule has 1 unspecified atom stereocenters. The third kappa shape index (κ3) is 2.65. The van der Waals surface area contributed by atoms with Gasteiger partial charge >= 0.3 is 0 Å². The Kier molecular flexibility index (Phi) is 3.65. The first-order valence-corrected chi connectivity index (χ1v) is 7.11. The van der Waals surface area contributed by atoms with E-state index in [1.807, 2.05) is 42.5 Å². The third-order valence-corrected chi connectivity index (χ3v) is 3.73. The van der Waals surface area contributed by atoms with Gasteiger partial charge in [-0.3, -0.25) is 4.79 Å². The number of Topliss-reactive ketones (excluding diaryl/α,β-unsaturated/α-hetero) is 1. The lowest BCUT2D eigenvalue weighted by molar-refractivity contribution is 0.0556. The fourth-order valence-corrected chi connectivity index (χ4v) is 2.38. The highest BCUT2D eigenvalue weighted by Gasteiger charge is 2.29. The first kappa shape index (κ1) is 13.1. The lowest BCUT2D eigenvalue weighted by atomic mass is 9.99. The van der Waals surface area contributed by atoms with Crippen LogP contribution in [0.25, 0.3) is 0 Å². The smallest absolute Gasteiger partial charge is 0.206 e. The fourth-order valence-electron chi connectivity index (χ4n) is 2.12. The van der Waals surface area contributed by atoms with E-state index in [1.165, 1.54) is 0 Å². The van der Waals surface area contributed by atoms with Crippen LogP contribution in [-0.4, -0.2) is 17.6 Å². The molecule has 0 amide bonds. The summed E-state index contributed by atoms with van der Waals surface area (Å²) in [6.07, 6.45) is -0.00906. The van der Waals surface area contributed by atoms with Crippen LogP contribution in [0.4, 0.5) is 0 Å². The Balaban J connectivity index is 1.73. The van der Waals surface area contributed by atoms with E-state index in [1.54, 1.807) is 12.1 Å². The SMILES string of the molecule is O=C(c1ccc(Br)cc1)C1CC(c2ccccc2)=NO1. The van der Waals surface area contributed by atoms with Crippen molar-refractivity contribution >= 4 is 27.4 Å². The van der Waals surface area contributed by atoms with Crippen LogP contribution in [0.2, 0.25) is 0 Å². The summed E-state index contributed by atoms with van der Waals surface area (Å²) in [5, 5.41) is 4.04. The summed E-state index contributed by atoms with van der Waals surface area (Å²) in [5.41, 5.74) is 2.46. The minimum Gasteiger partial charge on any atom is -0.383 e. The number of benzene rings is 2. The predicted molar refractivity (Wildman–Crippen MR) is 80.9 cm³/mol. The van der Waals surface area contributed by atoms with Crippen LogP contribution in [-0.2, 0) is 4.84 Å². The zero-order chi connectivity index (χ0) is 13.9. The molecule has 0 saturated carbocycles. The van der Waals surface area contributed by atoms with Gasteiger partial charge in [0.05, 0.1) is 5.71 Å². The van der Waals surface area contributed by atoms with Gasteiger partial charge in [0.25, 0.3) is 0 Å². The Bertz CT molecular complexity index is 650. The Morgan fingerprint density at radius 2 is 1.80 bits per heavy atom. The van der Waals surface area contributed by atoms with Crippen molar-refractivity contribution in [3.8, 4) is 0 Å². The van der Waals surface area contributed by atoms with Crippen molar-refractivity contribution in [1.82, 2.24) is 0 Å². The van der Waals surface area contributed by atoms with Gasteiger partial charge in [0, 0.05) is 16.5 Å². The molecule has 2 aromatic carbocycles. The first-order chi connectivity index (χ1) is 9.74. The summed E-state index contributed by atoms with van der Waals surface area (Å²) in [6, 6.07) is 17.0. The standard InChI is InChI=1S/C16H12BrNO2/c17-13-8-6-12(7-9-13)16(19)15-10-14(18-20-15)11-4-2-1-3-5-11/h1-9,15H,10H2. The number of rotatable bonds is 3. The van der Waals surface area contributed by atoms with Crippen molar-refractivity contribution in [2.75, 3.05) is 0 Å². The molecule has 0 fully saturated rings. The molecule has 0 saturated heterocycles. The fraction of sp³-hybridized carbons (Fsp3) is 0.125. The summed E-state index contributed by atoms with van der Waals surface area (Å²) in [6.45, 7) is 0. The summed E-state index contributed by atoms with van der Waals surface area (Å²) >= 11 is 3.35. The van der Waals surface area contributed by atoms with Crippen LogP contribution >= 0.6 is 15.9 Å². The topological polar surface area (TPSA) is 38.7 Å². The van der Waals surface area contributed by atoms with Gasteiger partial charge in [-0.1, -0.05) is 63.6 Å². The number of carbonyl (C=O) groups excluding carboxylic acids is 1. The van der Waals surface area contributed by atoms with Gasteiger partial charge in [0.2, 0.25) is 5.78 Å². The number of halogens is 1. The van der Waals surface area contributed by atoms with Gasteiger partial charge in [-0.2, -0.15) is 0 Å². The van der Waals surface area contributed by atoms with Crippen LogP contribution in [0.1, 0.15) is 22.3 Å². The molecule has 1 aliphatic rings. The molecule has 1 aliphatic heterocycles. The zero-order valence-corrected chi connectivity index (χ0v) is 12.2. The molecule has 0 N–H and O–H groups in total. The van der Waals surface area contributed by atoms with E-state index in [0.29, 0.717) is 12.0 Å². The summed E-state index contributed by atoms with van der Waals surface area (Å²) in [4.78, 5) is 17.6. The maximum absolute atomic E-state index is 12.3. The summed E-state index contributed by atoms with van der Waals surface area (Å²) in [5.74, 6) is -0.0350. The van der Waals surface area contributed by atoms with E-state index in [4.69, 9.17) is 4.84 Å². The predicted octanol–water partition coefficient (Wildman–Crippen LogP) is 3.83. The molecular formula is C16H12BrNO2. The van der Waals surface area contributed by atoms with E-state index < -0.39 is 6.10 Å². The van der Waals surface area contributed by atoms with Crippen molar-refractivity contribution in [2.24, 2.45) is 5.16 Å². The van der Waals surface area contributed by atoms with Crippen molar-refractivity contribution in [2.45, 2.75) is 12.5 Å². The van der Waals surface area contributed by atoms with Crippen molar-refractivity contribution in [1.29, 1.82) is 0 Å². The molecule has 0 bridgehead atoms. The van der Waals surface area contributed by atoms with Crippen molar-refractivity contribution in [3.63, 3.8) is 0 Å². The van der Waals surface area contributed by atoms with E-state index >= 15 is 0 Å². The highest BCUT2D eigenvalue weighted by Crippen LogP contribution is 2.21. The highest BCUT2D eigenvalue weighted by molar-refractivity contribution is 9.10. The molecule has 0 spiro atoms. The Morgan fingerprint density at radius 1 is 1.10 bits per heavy atom. The van der Waals surface area contributed by atoms with E-state index in [0.717, 1.165) is 15.7 Å². The van der Waals surface area contributed by atoms with E-state index in [-0.39, 0.29) is 5.78 Å². The maximum Gasteiger partial charge on any atom is 0.206 e. The van der Waals surface area contributed by atoms with Gasteiger partial charge in [-0.15, -0.1) is 0 Å². The number of oxime groups is 1. The lowest BCUT2D eigenvalue weighted by Crippen LogP contribution is -2.21. The zero-order valence-electron chi connectivity index (χ0n) is 10.6. The number of hydrogen-bond donors (Lipinski definition) is 0.